The molecular formula is C14H18ClN3O2. The summed E-state index contributed by atoms with van der Waals surface area (Å²) in [6.45, 7) is 5.10. The van der Waals surface area contributed by atoms with Crippen molar-refractivity contribution in [1.82, 2.24) is 14.7 Å². The summed E-state index contributed by atoms with van der Waals surface area (Å²) in [7, 11) is 1.91. The Hall–Kier alpha value is -1.30. The third kappa shape index (κ3) is 2.75. The molecule has 3 rings (SSSR count). The lowest BCUT2D eigenvalue weighted by molar-refractivity contribution is -0.0436. The zero-order valence-electron chi connectivity index (χ0n) is 11.7. The number of aromatic nitrogens is 2. The van der Waals surface area contributed by atoms with Crippen LogP contribution < -0.4 is 0 Å². The maximum Gasteiger partial charge on any atom is 0.134 e. The molecule has 0 N–H and O–H groups in total. The van der Waals surface area contributed by atoms with Crippen molar-refractivity contribution in [3.05, 3.63) is 40.6 Å². The van der Waals surface area contributed by atoms with Gasteiger partial charge in [0.05, 0.1) is 23.5 Å². The van der Waals surface area contributed by atoms with Gasteiger partial charge in [-0.25, -0.2) is 0 Å². The first-order valence-corrected chi connectivity index (χ1v) is 7.08. The smallest absolute Gasteiger partial charge is 0.134 e. The molecule has 1 atom stereocenters. The van der Waals surface area contributed by atoms with Crippen LogP contribution in [0.25, 0.3) is 0 Å². The Bertz CT molecular complexity index is 574. The Morgan fingerprint density at radius 1 is 1.45 bits per heavy atom. The molecule has 5 nitrogen and oxygen atoms in total. The molecule has 20 heavy (non-hydrogen) atoms. The quantitative estimate of drug-likeness (QED) is 0.873. The monoisotopic (exact) mass is 295 g/mol. The van der Waals surface area contributed by atoms with Gasteiger partial charge in [-0.1, -0.05) is 11.6 Å². The number of hydrogen-bond acceptors (Lipinski definition) is 4. The number of morpholine rings is 1. The van der Waals surface area contributed by atoms with Crippen LogP contribution in [0.4, 0.5) is 0 Å². The molecule has 0 unspecified atom stereocenters. The summed E-state index contributed by atoms with van der Waals surface area (Å²) < 4.78 is 13.3. The minimum absolute atomic E-state index is 0.00977. The fraction of sp³-hybridized carbons (Fsp3) is 0.500. The highest BCUT2D eigenvalue weighted by molar-refractivity contribution is 6.31. The van der Waals surface area contributed by atoms with E-state index in [1.165, 1.54) is 0 Å². The number of hydrogen-bond donors (Lipinski definition) is 0. The van der Waals surface area contributed by atoms with Crippen molar-refractivity contribution in [2.75, 3.05) is 19.7 Å². The number of halogens is 1. The summed E-state index contributed by atoms with van der Waals surface area (Å²) in [6, 6.07) is 3.95. The van der Waals surface area contributed by atoms with Crippen LogP contribution in [0.1, 0.15) is 23.3 Å². The summed E-state index contributed by atoms with van der Waals surface area (Å²) in [5.74, 6) is 1.80. The van der Waals surface area contributed by atoms with Gasteiger partial charge in [0.15, 0.2) is 0 Å². The molecule has 2 aromatic heterocycles. The molecular weight excluding hydrogens is 278 g/mol. The predicted octanol–water partition coefficient (Wildman–Crippen LogP) is 2.55. The number of rotatable bonds is 3. The fourth-order valence-electron chi connectivity index (χ4n) is 2.47. The number of furan rings is 1. The Balaban J connectivity index is 1.69. The van der Waals surface area contributed by atoms with E-state index in [4.69, 9.17) is 20.8 Å². The summed E-state index contributed by atoms with van der Waals surface area (Å²) in [5, 5.41) is 4.88. The lowest BCUT2D eigenvalue weighted by atomic mass is 10.2. The van der Waals surface area contributed by atoms with Crippen LogP contribution in [0.3, 0.4) is 0 Å². The van der Waals surface area contributed by atoms with E-state index in [2.05, 4.69) is 10.00 Å². The van der Waals surface area contributed by atoms with E-state index in [9.17, 15) is 0 Å². The van der Waals surface area contributed by atoms with Gasteiger partial charge < -0.3 is 9.15 Å². The predicted molar refractivity (Wildman–Crippen MR) is 75.6 cm³/mol. The number of aryl methyl sites for hydroxylation is 2. The van der Waals surface area contributed by atoms with Crippen molar-refractivity contribution >= 4 is 11.6 Å². The molecule has 0 spiro atoms. The maximum atomic E-state index is 6.16. The summed E-state index contributed by atoms with van der Waals surface area (Å²) in [4.78, 5) is 2.31. The minimum Gasteiger partial charge on any atom is -0.464 e. The topological polar surface area (TPSA) is 43.4 Å². The highest BCUT2D eigenvalue weighted by atomic mass is 35.5. The Kier molecular flexibility index (Phi) is 3.83. The third-order valence-electron chi connectivity index (χ3n) is 3.61. The average Bonchev–Trinajstić information content (AvgIpc) is 3.00. The molecule has 0 amide bonds. The first-order chi connectivity index (χ1) is 9.63. The highest BCUT2D eigenvalue weighted by Gasteiger charge is 2.25. The van der Waals surface area contributed by atoms with Gasteiger partial charge in [0, 0.05) is 26.7 Å². The summed E-state index contributed by atoms with van der Waals surface area (Å²) in [6.07, 6.45) is 1.68. The second-order valence-corrected chi connectivity index (χ2v) is 5.51. The largest absolute Gasteiger partial charge is 0.464 e. The first-order valence-electron chi connectivity index (χ1n) is 6.70. The van der Waals surface area contributed by atoms with Crippen LogP contribution in [0.5, 0.6) is 0 Å². The van der Waals surface area contributed by atoms with Crippen LogP contribution >= 0.6 is 11.6 Å². The van der Waals surface area contributed by atoms with Crippen molar-refractivity contribution < 1.29 is 9.15 Å². The molecule has 2 aromatic rings. The number of ether oxygens (including phenoxy) is 1. The molecule has 1 aliphatic heterocycles. The van der Waals surface area contributed by atoms with Gasteiger partial charge in [0.2, 0.25) is 0 Å². The highest BCUT2D eigenvalue weighted by Crippen LogP contribution is 2.26. The van der Waals surface area contributed by atoms with Gasteiger partial charge in [-0.05, 0) is 19.1 Å². The van der Waals surface area contributed by atoms with Crippen molar-refractivity contribution in [3.63, 3.8) is 0 Å². The van der Waals surface area contributed by atoms with Gasteiger partial charge in [0.25, 0.3) is 0 Å². The maximum absolute atomic E-state index is 6.16. The van der Waals surface area contributed by atoms with Crippen molar-refractivity contribution in [1.29, 1.82) is 0 Å². The van der Waals surface area contributed by atoms with E-state index in [1.54, 1.807) is 6.20 Å². The SMILES string of the molecule is Cc1ccc([C@H]2CN(Cc3c(Cl)cnn3C)CCO2)o1. The van der Waals surface area contributed by atoms with Crippen LogP contribution in [0.2, 0.25) is 5.02 Å². The van der Waals surface area contributed by atoms with E-state index in [-0.39, 0.29) is 6.10 Å². The third-order valence-corrected chi connectivity index (χ3v) is 3.93. The van der Waals surface area contributed by atoms with Crippen LogP contribution in [-0.2, 0) is 18.3 Å². The van der Waals surface area contributed by atoms with Crippen LogP contribution in [0, 0.1) is 6.92 Å². The molecule has 1 saturated heterocycles. The first kappa shape index (κ1) is 13.7. The lowest BCUT2D eigenvalue weighted by Gasteiger charge is -2.31. The molecule has 0 aliphatic carbocycles. The zero-order chi connectivity index (χ0) is 14.1. The minimum atomic E-state index is -0.00977. The van der Waals surface area contributed by atoms with Gasteiger partial charge in [-0.3, -0.25) is 9.58 Å². The number of nitrogens with zero attached hydrogens (tertiary/aromatic N) is 3. The fourth-order valence-corrected chi connectivity index (χ4v) is 2.70. The molecule has 108 valence electrons. The zero-order valence-corrected chi connectivity index (χ0v) is 12.4. The van der Waals surface area contributed by atoms with Crippen LogP contribution in [0.15, 0.2) is 22.7 Å². The van der Waals surface area contributed by atoms with Gasteiger partial charge in [0.1, 0.15) is 17.6 Å². The second kappa shape index (κ2) is 5.60. The van der Waals surface area contributed by atoms with E-state index < -0.39 is 0 Å². The normalized spacial score (nSPS) is 20.4. The van der Waals surface area contributed by atoms with Crippen molar-refractivity contribution in [2.24, 2.45) is 7.05 Å². The average molecular weight is 296 g/mol. The molecule has 0 bridgehead atoms. The van der Waals surface area contributed by atoms with E-state index in [1.807, 2.05) is 30.8 Å². The summed E-state index contributed by atoms with van der Waals surface area (Å²) >= 11 is 6.16. The van der Waals surface area contributed by atoms with Crippen molar-refractivity contribution in [3.8, 4) is 0 Å². The van der Waals surface area contributed by atoms with Gasteiger partial charge in [-0.2, -0.15) is 5.10 Å². The van der Waals surface area contributed by atoms with E-state index in [0.717, 1.165) is 36.8 Å². The molecule has 0 saturated carbocycles. The molecule has 0 aromatic carbocycles. The molecule has 0 radical (unpaired) electrons. The van der Waals surface area contributed by atoms with Crippen LogP contribution in [-0.4, -0.2) is 34.4 Å². The molecule has 3 heterocycles. The molecule has 1 fully saturated rings. The Labute approximate surface area is 123 Å². The van der Waals surface area contributed by atoms with Gasteiger partial charge >= 0.3 is 0 Å². The molecule has 1 aliphatic rings. The second-order valence-electron chi connectivity index (χ2n) is 5.11. The van der Waals surface area contributed by atoms with Crippen molar-refractivity contribution in [2.45, 2.75) is 19.6 Å². The van der Waals surface area contributed by atoms with Gasteiger partial charge in [-0.15, -0.1) is 0 Å². The standard InChI is InChI=1S/C14H18ClN3O2/c1-10-3-4-13(20-10)14-9-18(5-6-19-14)8-12-11(15)7-16-17(12)2/h3-4,7,14H,5-6,8-9H2,1-2H3/t14-/m1/s1. The summed E-state index contributed by atoms with van der Waals surface area (Å²) in [5.41, 5.74) is 1.03. The lowest BCUT2D eigenvalue weighted by Crippen LogP contribution is -2.38. The van der Waals surface area contributed by atoms with E-state index in [0.29, 0.717) is 11.6 Å². The Morgan fingerprint density at radius 3 is 2.95 bits per heavy atom. The van der Waals surface area contributed by atoms with E-state index >= 15 is 0 Å². The Morgan fingerprint density at radius 2 is 2.30 bits per heavy atom. The molecule has 6 heteroatoms.